The van der Waals surface area contributed by atoms with Crippen molar-refractivity contribution in [3.8, 4) is 11.6 Å². The lowest BCUT2D eigenvalue weighted by molar-refractivity contribution is 0.343. The van der Waals surface area contributed by atoms with Crippen molar-refractivity contribution in [2.75, 3.05) is 0 Å². The third-order valence-electron chi connectivity index (χ3n) is 3.32. The van der Waals surface area contributed by atoms with E-state index < -0.39 is 0 Å². The Hall–Kier alpha value is -2.60. The van der Waals surface area contributed by atoms with Crippen LogP contribution in [0.1, 0.15) is 30.3 Å². The Balaban J connectivity index is 1.83. The van der Waals surface area contributed by atoms with Crippen molar-refractivity contribution in [3.63, 3.8) is 0 Å². The first-order valence-corrected chi connectivity index (χ1v) is 6.67. The molecule has 0 radical (unpaired) electrons. The molecule has 6 nitrogen and oxygen atoms in total. The zero-order chi connectivity index (χ0) is 14.7. The SMILES string of the molecule is CC(c1nc(-c2ncccn2)no1)C(N)c1ccccc1. The zero-order valence-electron chi connectivity index (χ0n) is 11.5. The van der Waals surface area contributed by atoms with Gasteiger partial charge in [0.05, 0.1) is 5.92 Å². The molecule has 0 aliphatic heterocycles. The van der Waals surface area contributed by atoms with E-state index in [4.69, 9.17) is 10.3 Å². The van der Waals surface area contributed by atoms with Crippen molar-refractivity contribution < 1.29 is 4.52 Å². The highest BCUT2D eigenvalue weighted by Crippen LogP contribution is 2.28. The van der Waals surface area contributed by atoms with Gasteiger partial charge in [0, 0.05) is 18.4 Å². The highest BCUT2D eigenvalue weighted by atomic mass is 16.5. The average Bonchev–Trinajstić information content (AvgIpc) is 3.05. The van der Waals surface area contributed by atoms with Crippen LogP contribution in [0.3, 0.4) is 0 Å². The van der Waals surface area contributed by atoms with Gasteiger partial charge in [0.25, 0.3) is 0 Å². The largest absolute Gasteiger partial charge is 0.338 e. The zero-order valence-corrected chi connectivity index (χ0v) is 11.5. The number of hydrogen-bond donors (Lipinski definition) is 1. The van der Waals surface area contributed by atoms with Gasteiger partial charge in [0.15, 0.2) is 0 Å². The molecule has 2 N–H and O–H groups in total. The van der Waals surface area contributed by atoms with Crippen LogP contribution in [0.2, 0.25) is 0 Å². The van der Waals surface area contributed by atoms with E-state index in [1.165, 1.54) is 0 Å². The molecule has 0 saturated carbocycles. The smallest absolute Gasteiger partial charge is 0.240 e. The lowest BCUT2D eigenvalue weighted by Gasteiger charge is -2.16. The summed E-state index contributed by atoms with van der Waals surface area (Å²) in [6.07, 6.45) is 3.27. The van der Waals surface area contributed by atoms with Gasteiger partial charge in [-0.3, -0.25) is 0 Å². The number of hydrogen-bond acceptors (Lipinski definition) is 6. The van der Waals surface area contributed by atoms with Crippen LogP contribution in [0.4, 0.5) is 0 Å². The van der Waals surface area contributed by atoms with Crippen LogP contribution >= 0.6 is 0 Å². The molecule has 0 amide bonds. The predicted octanol–water partition coefficient (Wildman–Crippen LogP) is 2.33. The van der Waals surface area contributed by atoms with E-state index in [1.807, 2.05) is 37.3 Å². The van der Waals surface area contributed by atoms with Crippen LogP contribution in [-0.2, 0) is 0 Å². The van der Waals surface area contributed by atoms with E-state index in [9.17, 15) is 0 Å². The first kappa shape index (κ1) is 13.4. The van der Waals surface area contributed by atoms with E-state index in [0.717, 1.165) is 5.56 Å². The Morgan fingerprint density at radius 2 is 1.71 bits per heavy atom. The van der Waals surface area contributed by atoms with Crippen LogP contribution < -0.4 is 5.73 Å². The minimum Gasteiger partial charge on any atom is -0.338 e. The molecule has 3 aromatic rings. The molecule has 1 aromatic carbocycles. The second-order valence-electron chi connectivity index (χ2n) is 4.75. The van der Waals surface area contributed by atoms with Crippen LogP contribution in [0, 0.1) is 0 Å². The standard InChI is InChI=1S/C15H15N5O/c1-10(12(16)11-6-3-2-4-7-11)15-19-14(20-21-15)13-17-8-5-9-18-13/h2-10,12H,16H2,1H3. The van der Waals surface area contributed by atoms with Gasteiger partial charge in [0.1, 0.15) is 0 Å². The van der Waals surface area contributed by atoms with Gasteiger partial charge in [-0.05, 0) is 11.6 Å². The maximum absolute atomic E-state index is 6.26. The molecule has 2 atom stereocenters. The van der Waals surface area contributed by atoms with Gasteiger partial charge in [0.2, 0.25) is 17.5 Å². The molecule has 0 bridgehead atoms. The summed E-state index contributed by atoms with van der Waals surface area (Å²) >= 11 is 0. The predicted molar refractivity (Wildman–Crippen MR) is 77.1 cm³/mol. The summed E-state index contributed by atoms with van der Waals surface area (Å²) in [4.78, 5) is 12.5. The molecular weight excluding hydrogens is 266 g/mol. The van der Waals surface area contributed by atoms with Crippen LogP contribution in [-0.4, -0.2) is 20.1 Å². The third kappa shape index (κ3) is 2.80. The molecule has 0 fully saturated rings. The highest BCUT2D eigenvalue weighted by Gasteiger charge is 2.23. The maximum atomic E-state index is 6.26. The number of nitrogens with zero attached hydrogens (tertiary/aromatic N) is 4. The van der Waals surface area contributed by atoms with Crippen molar-refractivity contribution in [2.24, 2.45) is 5.73 Å². The minimum atomic E-state index is -0.212. The lowest BCUT2D eigenvalue weighted by Crippen LogP contribution is -2.17. The molecule has 2 unspecified atom stereocenters. The van der Waals surface area contributed by atoms with E-state index in [2.05, 4.69) is 20.1 Å². The van der Waals surface area contributed by atoms with Gasteiger partial charge < -0.3 is 10.3 Å². The Bertz CT molecular complexity index is 698. The van der Waals surface area contributed by atoms with Gasteiger partial charge in [-0.15, -0.1) is 0 Å². The van der Waals surface area contributed by atoms with Crippen molar-refractivity contribution in [3.05, 3.63) is 60.2 Å². The summed E-state index contributed by atoms with van der Waals surface area (Å²) in [6.45, 7) is 1.96. The summed E-state index contributed by atoms with van der Waals surface area (Å²) in [5, 5.41) is 3.92. The molecule has 21 heavy (non-hydrogen) atoms. The van der Waals surface area contributed by atoms with Crippen LogP contribution in [0.5, 0.6) is 0 Å². The number of aromatic nitrogens is 4. The number of benzene rings is 1. The van der Waals surface area contributed by atoms with Crippen molar-refractivity contribution in [2.45, 2.75) is 18.9 Å². The fourth-order valence-electron chi connectivity index (χ4n) is 2.04. The summed E-state index contributed by atoms with van der Waals surface area (Å²) in [7, 11) is 0. The Kier molecular flexibility index (Phi) is 3.70. The summed E-state index contributed by atoms with van der Waals surface area (Å²) < 4.78 is 5.30. The first-order chi connectivity index (χ1) is 10.3. The fourth-order valence-corrected chi connectivity index (χ4v) is 2.04. The second kappa shape index (κ2) is 5.80. The molecular formula is C15H15N5O. The van der Waals surface area contributed by atoms with Gasteiger partial charge in [-0.1, -0.05) is 42.4 Å². The van der Waals surface area contributed by atoms with Crippen molar-refractivity contribution >= 4 is 0 Å². The topological polar surface area (TPSA) is 90.7 Å². The molecule has 106 valence electrons. The first-order valence-electron chi connectivity index (χ1n) is 6.67. The minimum absolute atomic E-state index is 0.0997. The van der Waals surface area contributed by atoms with Crippen molar-refractivity contribution in [1.82, 2.24) is 20.1 Å². The van der Waals surface area contributed by atoms with Crippen LogP contribution in [0.15, 0.2) is 53.3 Å². The van der Waals surface area contributed by atoms with Crippen LogP contribution in [0.25, 0.3) is 11.6 Å². The molecule has 0 spiro atoms. The fraction of sp³-hybridized carbons (Fsp3) is 0.200. The second-order valence-corrected chi connectivity index (χ2v) is 4.75. The Labute approximate surface area is 122 Å². The van der Waals surface area contributed by atoms with E-state index in [1.54, 1.807) is 18.5 Å². The average molecular weight is 281 g/mol. The van der Waals surface area contributed by atoms with Gasteiger partial charge in [-0.2, -0.15) is 4.98 Å². The van der Waals surface area contributed by atoms with Gasteiger partial charge >= 0.3 is 0 Å². The summed E-state index contributed by atoms with van der Waals surface area (Å²) in [5.74, 6) is 1.19. The number of nitrogens with two attached hydrogens (primary N) is 1. The monoisotopic (exact) mass is 281 g/mol. The third-order valence-corrected chi connectivity index (χ3v) is 3.32. The van der Waals surface area contributed by atoms with E-state index in [-0.39, 0.29) is 12.0 Å². The van der Waals surface area contributed by atoms with E-state index >= 15 is 0 Å². The highest BCUT2D eigenvalue weighted by molar-refractivity contribution is 5.40. The molecule has 0 aliphatic rings. The molecule has 2 aromatic heterocycles. The quantitative estimate of drug-likeness (QED) is 0.789. The normalized spacial score (nSPS) is 13.8. The molecule has 0 aliphatic carbocycles. The molecule has 0 saturated heterocycles. The van der Waals surface area contributed by atoms with Crippen molar-refractivity contribution in [1.29, 1.82) is 0 Å². The Morgan fingerprint density at radius 1 is 1.00 bits per heavy atom. The Morgan fingerprint density at radius 3 is 2.43 bits per heavy atom. The molecule has 3 rings (SSSR count). The summed E-state index contributed by atoms with van der Waals surface area (Å²) in [6, 6.07) is 11.4. The molecule has 2 heterocycles. The van der Waals surface area contributed by atoms with Gasteiger partial charge in [-0.25, -0.2) is 9.97 Å². The maximum Gasteiger partial charge on any atom is 0.240 e. The van der Waals surface area contributed by atoms with E-state index in [0.29, 0.717) is 17.5 Å². The summed E-state index contributed by atoms with van der Waals surface area (Å²) in [5.41, 5.74) is 7.29. The lowest BCUT2D eigenvalue weighted by atomic mass is 9.95. The number of rotatable bonds is 4. The molecule has 6 heteroatoms.